The fourth-order valence-corrected chi connectivity index (χ4v) is 5.85. The molecule has 5 rings (SSSR count). The number of rotatable bonds is 6. The van der Waals surface area contributed by atoms with Crippen molar-refractivity contribution < 1.29 is 4.79 Å². The van der Waals surface area contributed by atoms with Gasteiger partial charge in [0.2, 0.25) is 5.91 Å². The van der Waals surface area contributed by atoms with E-state index in [1.807, 2.05) is 11.0 Å². The number of hydrogen-bond donors (Lipinski definition) is 1. The van der Waals surface area contributed by atoms with Gasteiger partial charge in [0.15, 0.2) is 0 Å². The average Bonchev–Trinajstić information content (AvgIpc) is 3.33. The van der Waals surface area contributed by atoms with Crippen molar-refractivity contribution in [1.82, 2.24) is 14.8 Å². The first-order valence-electron chi connectivity index (χ1n) is 13.4. The van der Waals surface area contributed by atoms with Crippen LogP contribution in [0.15, 0.2) is 54.7 Å². The van der Waals surface area contributed by atoms with Crippen LogP contribution in [0, 0.1) is 19.8 Å². The summed E-state index contributed by atoms with van der Waals surface area (Å²) in [5.74, 6) is 1.57. The molecule has 0 atom stereocenters. The van der Waals surface area contributed by atoms with Crippen molar-refractivity contribution in [2.75, 3.05) is 32.7 Å². The summed E-state index contributed by atoms with van der Waals surface area (Å²) in [5.41, 5.74) is 6.42. The quantitative estimate of drug-likeness (QED) is 0.430. The average molecular weight is 470 g/mol. The highest BCUT2D eigenvalue weighted by molar-refractivity contribution is 5.91. The Bertz CT molecular complexity index is 1180. The molecule has 2 aromatic carbocycles. The number of aromatic amines is 1. The highest BCUT2D eigenvalue weighted by atomic mass is 16.2. The van der Waals surface area contributed by atoms with Gasteiger partial charge in [0.25, 0.3) is 0 Å². The predicted molar refractivity (Wildman–Crippen MR) is 146 cm³/mol. The smallest absolute Gasteiger partial charge is 0.246 e. The molecule has 0 saturated carbocycles. The number of carbonyl (C=O) groups is 1. The highest BCUT2D eigenvalue weighted by Gasteiger charge is 2.25. The summed E-state index contributed by atoms with van der Waals surface area (Å²) in [6.07, 6.45) is 12.0. The number of H-pyrrole nitrogens is 1. The molecule has 4 heteroatoms. The number of benzene rings is 2. The second-order valence-corrected chi connectivity index (χ2v) is 10.6. The molecule has 0 spiro atoms. The van der Waals surface area contributed by atoms with Gasteiger partial charge in [-0.25, -0.2) is 0 Å². The van der Waals surface area contributed by atoms with Crippen molar-refractivity contribution in [2.45, 2.75) is 51.9 Å². The van der Waals surface area contributed by atoms with Crippen molar-refractivity contribution in [3.63, 3.8) is 0 Å². The third-order valence-electron chi connectivity index (χ3n) is 8.38. The van der Waals surface area contributed by atoms with Crippen LogP contribution >= 0.6 is 0 Å². The Labute approximate surface area is 210 Å². The molecule has 0 bridgehead atoms. The van der Waals surface area contributed by atoms with Gasteiger partial charge >= 0.3 is 0 Å². The zero-order valence-corrected chi connectivity index (χ0v) is 21.3. The molecule has 2 aliphatic heterocycles. The van der Waals surface area contributed by atoms with E-state index in [1.54, 1.807) is 6.08 Å². The molecule has 0 unspecified atom stereocenters. The van der Waals surface area contributed by atoms with Gasteiger partial charge in [-0.2, -0.15) is 0 Å². The van der Waals surface area contributed by atoms with Crippen LogP contribution < -0.4 is 0 Å². The largest absolute Gasteiger partial charge is 0.361 e. The molecular weight excluding hydrogens is 430 g/mol. The van der Waals surface area contributed by atoms with Crippen LogP contribution in [0.5, 0.6) is 0 Å². The fourth-order valence-electron chi connectivity index (χ4n) is 5.85. The van der Waals surface area contributed by atoms with Gasteiger partial charge in [-0.1, -0.05) is 36.4 Å². The monoisotopic (exact) mass is 469 g/mol. The summed E-state index contributed by atoms with van der Waals surface area (Å²) >= 11 is 0. The molecule has 35 heavy (non-hydrogen) atoms. The van der Waals surface area contributed by atoms with Crippen LogP contribution in [0.3, 0.4) is 0 Å². The molecule has 2 saturated heterocycles. The van der Waals surface area contributed by atoms with Gasteiger partial charge in [0.1, 0.15) is 0 Å². The number of nitrogens with zero attached hydrogens (tertiary/aromatic N) is 2. The number of amides is 1. The van der Waals surface area contributed by atoms with Crippen molar-refractivity contribution in [3.8, 4) is 0 Å². The van der Waals surface area contributed by atoms with E-state index in [9.17, 15) is 4.79 Å². The Kier molecular flexibility index (Phi) is 7.38. The van der Waals surface area contributed by atoms with Crippen LogP contribution in [0.1, 0.15) is 60.3 Å². The number of carbonyl (C=O) groups excluding carboxylic acids is 1. The number of fused-ring (bicyclic) bond motifs is 1. The predicted octanol–water partition coefficient (Wildman–Crippen LogP) is 6.31. The first-order chi connectivity index (χ1) is 17.1. The van der Waals surface area contributed by atoms with Crippen LogP contribution in [0.4, 0.5) is 0 Å². The van der Waals surface area contributed by atoms with Gasteiger partial charge in [-0.15, -0.1) is 0 Å². The molecule has 2 fully saturated rings. The minimum Gasteiger partial charge on any atom is -0.361 e. The van der Waals surface area contributed by atoms with Crippen LogP contribution in [-0.2, 0) is 4.79 Å². The zero-order valence-electron chi connectivity index (χ0n) is 21.3. The van der Waals surface area contributed by atoms with Crippen molar-refractivity contribution in [2.24, 2.45) is 5.92 Å². The molecule has 1 N–H and O–H groups in total. The molecule has 3 heterocycles. The van der Waals surface area contributed by atoms with Gasteiger partial charge in [-0.05, 0) is 112 Å². The molecular formula is C31H39N3O. The first kappa shape index (κ1) is 23.9. The summed E-state index contributed by atoms with van der Waals surface area (Å²) in [5, 5.41) is 1.40. The molecule has 0 radical (unpaired) electrons. The van der Waals surface area contributed by atoms with E-state index in [2.05, 4.69) is 72.4 Å². The second kappa shape index (κ2) is 10.8. The van der Waals surface area contributed by atoms with Crippen molar-refractivity contribution in [3.05, 3.63) is 77.0 Å². The Morgan fingerprint density at radius 2 is 1.74 bits per heavy atom. The molecule has 1 aromatic heterocycles. The van der Waals surface area contributed by atoms with Crippen LogP contribution in [0.25, 0.3) is 17.0 Å². The van der Waals surface area contributed by atoms with E-state index in [0.29, 0.717) is 5.92 Å². The summed E-state index contributed by atoms with van der Waals surface area (Å²) < 4.78 is 0. The standard InChI is InChI=1S/C31H39N3O/c1-23-7-8-26(21-24(23)2)9-10-31(35)34-19-12-25(13-20-34)11-16-33-17-14-27(15-18-33)29-22-32-30-6-4-3-5-28(29)30/h3-10,21-22,25,27,32H,11-20H2,1-2H3/b10-9+. The Morgan fingerprint density at radius 3 is 2.51 bits per heavy atom. The molecule has 3 aromatic rings. The Balaban J connectivity index is 1.03. The lowest BCUT2D eigenvalue weighted by Crippen LogP contribution is -2.39. The van der Waals surface area contributed by atoms with Crippen molar-refractivity contribution >= 4 is 22.9 Å². The van der Waals surface area contributed by atoms with Crippen LogP contribution in [0.2, 0.25) is 0 Å². The summed E-state index contributed by atoms with van der Waals surface area (Å²) in [7, 11) is 0. The third kappa shape index (κ3) is 5.70. The minimum absolute atomic E-state index is 0.154. The Hall–Kier alpha value is -2.85. The second-order valence-electron chi connectivity index (χ2n) is 10.6. The number of nitrogens with one attached hydrogen (secondary N) is 1. The summed E-state index contributed by atoms with van der Waals surface area (Å²) in [6.45, 7) is 9.62. The SMILES string of the molecule is Cc1ccc(/C=C/C(=O)N2CCC(CCN3CCC(c4c[nH]c5ccccc45)CC3)CC2)cc1C. The Morgan fingerprint density at radius 1 is 0.971 bits per heavy atom. The molecule has 184 valence electrons. The lowest BCUT2D eigenvalue weighted by atomic mass is 9.88. The molecule has 1 amide bonds. The normalized spacial score (nSPS) is 18.6. The highest BCUT2D eigenvalue weighted by Crippen LogP contribution is 2.33. The first-order valence-corrected chi connectivity index (χ1v) is 13.4. The number of piperidine rings is 2. The maximum atomic E-state index is 12.7. The molecule has 4 nitrogen and oxygen atoms in total. The number of para-hydroxylation sites is 1. The van der Waals surface area contributed by atoms with E-state index in [1.165, 1.54) is 66.5 Å². The van der Waals surface area contributed by atoms with Gasteiger partial charge < -0.3 is 14.8 Å². The van der Waals surface area contributed by atoms with E-state index in [4.69, 9.17) is 0 Å². The molecule has 0 aliphatic carbocycles. The minimum atomic E-state index is 0.154. The zero-order chi connectivity index (χ0) is 24.2. The number of aryl methyl sites for hydroxylation is 2. The number of hydrogen-bond acceptors (Lipinski definition) is 2. The lowest BCUT2D eigenvalue weighted by molar-refractivity contribution is -0.127. The van der Waals surface area contributed by atoms with Gasteiger partial charge in [-0.3, -0.25) is 4.79 Å². The maximum Gasteiger partial charge on any atom is 0.246 e. The lowest BCUT2D eigenvalue weighted by Gasteiger charge is -2.35. The summed E-state index contributed by atoms with van der Waals surface area (Å²) in [4.78, 5) is 20.8. The van der Waals surface area contributed by atoms with E-state index >= 15 is 0 Å². The van der Waals surface area contributed by atoms with Gasteiger partial charge in [0, 0.05) is 36.3 Å². The fraction of sp³-hybridized carbons (Fsp3) is 0.452. The summed E-state index contributed by atoms with van der Waals surface area (Å²) in [6, 6.07) is 15.0. The van der Waals surface area contributed by atoms with Gasteiger partial charge in [0.05, 0.1) is 0 Å². The van der Waals surface area contributed by atoms with E-state index in [-0.39, 0.29) is 5.91 Å². The third-order valence-corrected chi connectivity index (χ3v) is 8.38. The van der Waals surface area contributed by atoms with E-state index < -0.39 is 0 Å². The number of aromatic nitrogens is 1. The number of likely N-dealkylation sites (tertiary alicyclic amines) is 2. The van der Waals surface area contributed by atoms with Crippen molar-refractivity contribution in [1.29, 1.82) is 0 Å². The molecule has 2 aliphatic rings. The van der Waals surface area contributed by atoms with E-state index in [0.717, 1.165) is 37.4 Å². The maximum absolute atomic E-state index is 12.7. The van der Waals surface area contributed by atoms with Crippen LogP contribution in [-0.4, -0.2) is 53.4 Å². The topological polar surface area (TPSA) is 39.3 Å².